The van der Waals surface area contributed by atoms with Crippen molar-refractivity contribution in [2.75, 3.05) is 5.75 Å². The van der Waals surface area contributed by atoms with E-state index in [9.17, 15) is 5.11 Å². The summed E-state index contributed by atoms with van der Waals surface area (Å²) in [7, 11) is 0. The lowest BCUT2D eigenvalue weighted by atomic mass is 10.1. The maximum absolute atomic E-state index is 10.4. The summed E-state index contributed by atoms with van der Waals surface area (Å²) in [5.74, 6) is 1.63. The first-order valence-corrected chi connectivity index (χ1v) is 8.64. The minimum atomic E-state index is -0.546. The van der Waals surface area contributed by atoms with Gasteiger partial charge in [0.15, 0.2) is 4.96 Å². The van der Waals surface area contributed by atoms with Crippen LogP contribution in [0.2, 0.25) is 0 Å². The number of rotatable bonds is 3. The Morgan fingerprint density at radius 3 is 3.24 bits per heavy atom. The lowest BCUT2D eigenvalue weighted by Crippen LogP contribution is -2.37. The van der Waals surface area contributed by atoms with Gasteiger partial charge in [0.25, 0.3) is 0 Å². The van der Waals surface area contributed by atoms with Crippen LogP contribution in [0.15, 0.2) is 46.9 Å². The Labute approximate surface area is 130 Å². The van der Waals surface area contributed by atoms with Crippen LogP contribution in [0, 0.1) is 0 Å². The zero-order chi connectivity index (χ0) is 14.2. The third-order valence-corrected chi connectivity index (χ3v) is 5.44. The van der Waals surface area contributed by atoms with Gasteiger partial charge in [0.1, 0.15) is 11.9 Å². The molecule has 0 amide bonds. The molecule has 2 aromatic heterocycles. The summed E-state index contributed by atoms with van der Waals surface area (Å²) in [6.45, 7) is 0. The molecule has 0 spiro atoms. The molecule has 0 saturated carbocycles. The van der Waals surface area contributed by atoms with E-state index in [1.807, 2.05) is 46.4 Å². The summed E-state index contributed by atoms with van der Waals surface area (Å²) in [6, 6.07) is 7.96. The molecule has 0 fully saturated rings. The van der Waals surface area contributed by atoms with Crippen LogP contribution in [-0.2, 0) is 6.42 Å². The molecule has 3 aromatic rings. The number of aliphatic hydroxyl groups is 1. The summed E-state index contributed by atoms with van der Waals surface area (Å²) in [4.78, 5) is 6.61. The first kappa shape index (κ1) is 13.2. The number of hydrogen-bond donors (Lipinski definition) is 1. The highest BCUT2D eigenvalue weighted by atomic mass is 32.2. The lowest BCUT2D eigenvalue weighted by Gasteiger charge is -2.28. The number of nitrogens with zero attached hydrogens (tertiary/aromatic N) is 2. The first-order chi connectivity index (χ1) is 10.3. The van der Waals surface area contributed by atoms with Crippen LogP contribution in [0.25, 0.3) is 4.96 Å². The Kier molecular flexibility index (Phi) is 3.37. The predicted molar refractivity (Wildman–Crippen MR) is 84.4 cm³/mol. The molecule has 0 bridgehead atoms. The molecule has 0 radical (unpaired) electrons. The number of thiazole rings is 1. The monoisotopic (exact) mass is 318 g/mol. The van der Waals surface area contributed by atoms with Crippen molar-refractivity contribution < 1.29 is 9.84 Å². The van der Waals surface area contributed by atoms with Crippen LogP contribution in [0.5, 0.6) is 5.75 Å². The number of para-hydroxylation sites is 1. The van der Waals surface area contributed by atoms with Gasteiger partial charge in [-0.1, -0.05) is 12.1 Å². The molecule has 4 rings (SSSR count). The van der Waals surface area contributed by atoms with Gasteiger partial charge in [-0.25, -0.2) is 4.98 Å². The van der Waals surface area contributed by atoms with Crippen molar-refractivity contribution in [3.63, 3.8) is 0 Å². The quantitative estimate of drug-likeness (QED) is 0.807. The summed E-state index contributed by atoms with van der Waals surface area (Å²) in [5, 5.41) is 12.4. The predicted octanol–water partition coefficient (Wildman–Crippen LogP) is 2.85. The average Bonchev–Trinajstić information content (AvgIpc) is 3.08. The third kappa shape index (κ3) is 2.54. The molecule has 1 aromatic carbocycles. The van der Waals surface area contributed by atoms with Crippen LogP contribution in [0.1, 0.15) is 5.69 Å². The fourth-order valence-electron chi connectivity index (χ4n) is 2.45. The number of fused-ring (bicyclic) bond motifs is 2. The highest BCUT2D eigenvalue weighted by molar-refractivity contribution is 7.99. The van der Waals surface area contributed by atoms with Crippen molar-refractivity contribution in [3.05, 3.63) is 47.7 Å². The summed E-state index contributed by atoms with van der Waals surface area (Å²) in [5.41, 5.74) is 0.904. The molecule has 21 heavy (non-hydrogen) atoms. The number of benzene rings is 1. The Balaban J connectivity index is 1.48. The fraction of sp³-hybridized carbons (Fsp3) is 0.267. The lowest BCUT2D eigenvalue weighted by molar-refractivity contribution is 0.0463. The fourth-order valence-corrected chi connectivity index (χ4v) is 4.23. The van der Waals surface area contributed by atoms with E-state index in [1.165, 1.54) is 0 Å². The van der Waals surface area contributed by atoms with E-state index < -0.39 is 6.10 Å². The Bertz CT molecular complexity index is 739. The van der Waals surface area contributed by atoms with E-state index in [4.69, 9.17) is 4.74 Å². The van der Waals surface area contributed by atoms with E-state index in [0.717, 1.165) is 27.1 Å². The summed E-state index contributed by atoms with van der Waals surface area (Å²) >= 11 is 3.33. The van der Waals surface area contributed by atoms with Gasteiger partial charge in [0.2, 0.25) is 0 Å². The van der Waals surface area contributed by atoms with Crippen molar-refractivity contribution in [3.8, 4) is 5.75 Å². The van der Waals surface area contributed by atoms with Gasteiger partial charge in [-0.3, -0.25) is 4.40 Å². The highest BCUT2D eigenvalue weighted by Gasteiger charge is 2.27. The number of hydrogen-bond acceptors (Lipinski definition) is 5. The molecular weight excluding hydrogens is 304 g/mol. The Morgan fingerprint density at radius 2 is 2.33 bits per heavy atom. The van der Waals surface area contributed by atoms with Gasteiger partial charge in [0.05, 0.1) is 11.8 Å². The van der Waals surface area contributed by atoms with Crippen molar-refractivity contribution in [2.45, 2.75) is 23.5 Å². The average molecular weight is 318 g/mol. The van der Waals surface area contributed by atoms with Gasteiger partial charge in [0, 0.05) is 34.8 Å². The molecule has 4 nitrogen and oxygen atoms in total. The highest BCUT2D eigenvalue weighted by Crippen LogP contribution is 2.36. The Hall–Kier alpha value is -1.50. The van der Waals surface area contributed by atoms with Crippen LogP contribution in [0.4, 0.5) is 0 Å². The normalized spacial score (nSPS) is 19.2. The molecule has 0 saturated heterocycles. The first-order valence-electron chi connectivity index (χ1n) is 6.77. The van der Waals surface area contributed by atoms with Gasteiger partial charge >= 0.3 is 0 Å². The number of ether oxygens (including phenoxy) is 1. The molecule has 108 valence electrons. The topological polar surface area (TPSA) is 46.8 Å². The van der Waals surface area contributed by atoms with Crippen molar-refractivity contribution in [1.29, 1.82) is 0 Å². The smallest absolute Gasteiger partial charge is 0.193 e. The van der Waals surface area contributed by atoms with E-state index in [2.05, 4.69) is 4.98 Å². The number of thioether (sulfide) groups is 1. The molecule has 3 heterocycles. The van der Waals surface area contributed by atoms with Crippen LogP contribution >= 0.6 is 23.1 Å². The van der Waals surface area contributed by atoms with Gasteiger partial charge in [-0.15, -0.1) is 23.1 Å². The zero-order valence-electron chi connectivity index (χ0n) is 11.2. The molecule has 1 N–H and O–H groups in total. The maximum Gasteiger partial charge on any atom is 0.193 e. The van der Waals surface area contributed by atoms with Crippen LogP contribution in [-0.4, -0.2) is 32.5 Å². The van der Waals surface area contributed by atoms with Gasteiger partial charge in [-0.2, -0.15) is 0 Å². The third-order valence-electron chi connectivity index (χ3n) is 3.52. The molecule has 2 atom stereocenters. The molecular formula is C15H14N2O2S2. The molecule has 1 aliphatic rings. The van der Waals surface area contributed by atoms with E-state index in [1.54, 1.807) is 23.1 Å². The minimum absolute atomic E-state index is 0.190. The van der Waals surface area contributed by atoms with Crippen LogP contribution < -0.4 is 4.74 Å². The van der Waals surface area contributed by atoms with E-state index in [-0.39, 0.29) is 6.10 Å². The minimum Gasteiger partial charge on any atom is -0.486 e. The number of imidazole rings is 1. The number of aromatic nitrogens is 2. The van der Waals surface area contributed by atoms with E-state index in [0.29, 0.717) is 6.42 Å². The molecule has 1 aliphatic heterocycles. The van der Waals surface area contributed by atoms with Crippen molar-refractivity contribution >= 4 is 28.1 Å². The molecule has 6 heteroatoms. The van der Waals surface area contributed by atoms with Crippen LogP contribution in [0.3, 0.4) is 0 Å². The van der Waals surface area contributed by atoms with Crippen molar-refractivity contribution in [2.24, 2.45) is 0 Å². The second-order valence-electron chi connectivity index (χ2n) is 5.01. The number of aliphatic hydroxyl groups excluding tert-OH is 1. The SMILES string of the molecule is OC(Cc1cn2ccsc2n1)C1CSc2ccccc2O1. The summed E-state index contributed by atoms with van der Waals surface area (Å²) in [6.07, 6.45) is 3.73. The van der Waals surface area contributed by atoms with E-state index >= 15 is 0 Å². The van der Waals surface area contributed by atoms with Gasteiger partial charge < -0.3 is 9.84 Å². The molecule has 2 unspecified atom stereocenters. The van der Waals surface area contributed by atoms with Crippen molar-refractivity contribution in [1.82, 2.24) is 9.38 Å². The standard InChI is InChI=1S/C15H14N2O2S2/c18-11(7-10-8-17-5-6-20-15(17)16-10)13-9-21-14-4-2-1-3-12(14)19-13/h1-6,8,11,13,18H,7,9H2. The second-order valence-corrected chi connectivity index (χ2v) is 6.95. The summed E-state index contributed by atoms with van der Waals surface area (Å²) < 4.78 is 7.90. The molecule has 0 aliphatic carbocycles. The zero-order valence-corrected chi connectivity index (χ0v) is 12.8. The second kappa shape index (κ2) is 5.36. The Morgan fingerprint density at radius 1 is 1.43 bits per heavy atom. The largest absolute Gasteiger partial charge is 0.486 e. The maximum atomic E-state index is 10.4. The van der Waals surface area contributed by atoms with Gasteiger partial charge in [-0.05, 0) is 12.1 Å².